The van der Waals surface area contributed by atoms with E-state index in [-0.39, 0.29) is 5.97 Å². The van der Waals surface area contributed by atoms with Gasteiger partial charge in [0, 0.05) is 6.54 Å². The van der Waals surface area contributed by atoms with Crippen molar-refractivity contribution in [1.82, 2.24) is 4.98 Å². The van der Waals surface area contributed by atoms with Gasteiger partial charge < -0.3 is 15.8 Å². The van der Waals surface area contributed by atoms with Crippen LogP contribution in [-0.4, -0.2) is 24.6 Å². The molecule has 1 aromatic heterocycles. The quantitative estimate of drug-likeness (QED) is 0.722. The number of nitrogens with zero attached hydrogens (tertiary/aromatic N) is 1. The molecule has 0 radical (unpaired) electrons. The molecule has 1 rings (SSSR count). The van der Waals surface area contributed by atoms with Gasteiger partial charge in [0.05, 0.1) is 25.4 Å². The lowest BCUT2D eigenvalue weighted by molar-refractivity contribution is -0.140. The van der Waals surface area contributed by atoms with Gasteiger partial charge in [0.15, 0.2) is 0 Å². The number of hydrogen-bond donors (Lipinski definition) is 2. The third-order valence-electron chi connectivity index (χ3n) is 2.01. The van der Waals surface area contributed by atoms with E-state index < -0.39 is 0 Å². The lowest BCUT2D eigenvalue weighted by atomic mass is 10.2. The highest BCUT2D eigenvalue weighted by Crippen LogP contribution is 2.12. The van der Waals surface area contributed by atoms with Gasteiger partial charge in [-0.05, 0) is 18.6 Å². The summed E-state index contributed by atoms with van der Waals surface area (Å²) in [7, 11) is 1.37. The van der Waals surface area contributed by atoms with Gasteiger partial charge >= 0.3 is 5.97 Å². The van der Waals surface area contributed by atoms with Gasteiger partial charge in [-0.3, -0.25) is 4.79 Å². The zero-order valence-electron chi connectivity index (χ0n) is 8.91. The fourth-order valence-corrected chi connectivity index (χ4v) is 1.06. The first kappa shape index (κ1) is 11.3. The molecule has 0 saturated heterocycles. The predicted molar refractivity (Wildman–Crippen MR) is 58.5 cm³/mol. The van der Waals surface area contributed by atoms with Crippen molar-refractivity contribution < 1.29 is 9.53 Å². The van der Waals surface area contributed by atoms with Crippen molar-refractivity contribution in [2.45, 2.75) is 13.3 Å². The molecule has 0 atom stereocenters. The van der Waals surface area contributed by atoms with Gasteiger partial charge in [-0.2, -0.15) is 0 Å². The summed E-state index contributed by atoms with van der Waals surface area (Å²) in [6, 6.07) is 1.84. The number of ether oxygens (including phenoxy) is 1. The van der Waals surface area contributed by atoms with E-state index in [9.17, 15) is 4.79 Å². The van der Waals surface area contributed by atoms with Crippen LogP contribution in [0.3, 0.4) is 0 Å². The third-order valence-corrected chi connectivity index (χ3v) is 2.01. The first-order valence-electron chi connectivity index (χ1n) is 4.66. The van der Waals surface area contributed by atoms with E-state index in [1.54, 1.807) is 6.20 Å². The number of carbonyl (C=O) groups excluding carboxylic acids is 1. The van der Waals surface area contributed by atoms with Gasteiger partial charge in [0.2, 0.25) is 0 Å². The number of esters is 1. The van der Waals surface area contributed by atoms with Crippen molar-refractivity contribution in [2.24, 2.45) is 0 Å². The number of nitrogens with one attached hydrogen (secondary N) is 1. The van der Waals surface area contributed by atoms with Gasteiger partial charge in [-0.15, -0.1) is 0 Å². The molecule has 0 aliphatic carbocycles. The van der Waals surface area contributed by atoms with E-state index in [0.29, 0.717) is 24.5 Å². The van der Waals surface area contributed by atoms with Crippen molar-refractivity contribution in [3.63, 3.8) is 0 Å². The van der Waals surface area contributed by atoms with Gasteiger partial charge in [0.1, 0.15) is 5.82 Å². The summed E-state index contributed by atoms with van der Waals surface area (Å²) in [6.45, 7) is 2.41. The van der Waals surface area contributed by atoms with E-state index in [1.165, 1.54) is 7.11 Å². The molecule has 3 N–H and O–H groups in total. The van der Waals surface area contributed by atoms with E-state index in [1.807, 2.05) is 13.0 Å². The monoisotopic (exact) mass is 209 g/mol. The van der Waals surface area contributed by atoms with Crippen molar-refractivity contribution in [1.29, 1.82) is 0 Å². The zero-order valence-corrected chi connectivity index (χ0v) is 8.91. The van der Waals surface area contributed by atoms with Crippen LogP contribution in [0.1, 0.15) is 12.0 Å². The Labute approximate surface area is 88.6 Å². The molecule has 0 aromatic carbocycles. The molecule has 0 fully saturated rings. The second-order valence-corrected chi connectivity index (χ2v) is 3.18. The molecule has 0 saturated carbocycles. The Hall–Kier alpha value is -1.78. The lowest BCUT2D eigenvalue weighted by Gasteiger charge is -2.06. The first-order valence-corrected chi connectivity index (χ1v) is 4.66. The Balaban J connectivity index is 2.44. The first-order chi connectivity index (χ1) is 7.13. The normalized spacial score (nSPS) is 9.73. The topological polar surface area (TPSA) is 77.2 Å². The van der Waals surface area contributed by atoms with Crippen LogP contribution in [0.25, 0.3) is 0 Å². The Morgan fingerprint density at radius 1 is 1.67 bits per heavy atom. The van der Waals surface area contributed by atoms with Crippen LogP contribution in [0.5, 0.6) is 0 Å². The minimum absolute atomic E-state index is 0.241. The average molecular weight is 209 g/mol. The summed E-state index contributed by atoms with van der Waals surface area (Å²) in [5, 5.41) is 3.01. The summed E-state index contributed by atoms with van der Waals surface area (Å²) in [6.07, 6.45) is 1.91. The number of anilines is 2. The van der Waals surface area contributed by atoms with Crippen LogP contribution in [0, 0.1) is 6.92 Å². The number of pyridine rings is 1. The number of methoxy groups -OCH3 is 1. The molecule has 0 aliphatic rings. The summed E-state index contributed by atoms with van der Waals surface area (Å²) in [4.78, 5) is 14.9. The molecule has 15 heavy (non-hydrogen) atoms. The minimum atomic E-state index is -0.241. The highest BCUT2D eigenvalue weighted by molar-refractivity contribution is 5.69. The number of hydrogen-bond acceptors (Lipinski definition) is 5. The summed E-state index contributed by atoms with van der Waals surface area (Å²) in [5.41, 5.74) is 7.25. The summed E-state index contributed by atoms with van der Waals surface area (Å²) >= 11 is 0. The Kier molecular flexibility index (Phi) is 3.91. The Morgan fingerprint density at radius 2 is 2.40 bits per heavy atom. The highest BCUT2D eigenvalue weighted by atomic mass is 16.5. The zero-order chi connectivity index (χ0) is 11.3. The molecule has 0 unspecified atom stereocenters. The fourth-order valence-electron chi connectivity index (χ4n) is 1.06. The highest BCUT2D eigenvalue weighted by Gasteiger charge is 2.01. The number of nitrogens with two attached hydrogens (primary N) is 1. The van der Waals surface area contributed by atoms with Crippen molar-refractivity contribution >= 4 is 17.5 Å². The number of nitrogen functional groups attached to an aromatic ring is 1. The maximum Gasteiger partial charge on any atom is 0.307 e. The maximum atomic E-state index is 10.8. The van der Waals surface area contributed by atoms with Crippen LogP contribution in [0.2, 0.25) is 0 Å². The second kappa shape index (κ2) is 5.19. The van der Waals surface area contributed by atoms with E-state index in [4.69, 9.17) is 5.73 Å². The van der Waals surface area contributed by atoms with Crippen molar-refractivity contribution in [3.8, 4) is 0 Å². The van der Waals surface area contributed by atoms with Gasteiger partial charge in [-0.1, -0.05) is 0 Å². The molecule has 1 aromatic rings. The molecule has 0 spiro atoms. The molecule has 5 nitrogen and oxygen atoms in total. The molecule has 0 bridgehead atoms. The van der Waals surface area contributed by atoms with Crippen molar-refractivity contribution in [2.75, 3.05) is 24.7 Å². The molecule has 0 amide bonds. The number of carbonyl (C=O) groups is 1. The minimum Gasteiger partial charge on any atom is -0.469 e. The van der Waals surface area contributed by atoms with E-state index in [0.717, 1.165) is 5.56 Å². The Bertz CT molecular complexity index is 353. The fraction of sp³-hybridized carbons (Fsp3) is 0.400. The summed E-state index contributed by atoms with van der Waals surface area (Å²) < 4.78 is 4.51. The molecule has 1 heterocycles. The number of aromatic nitrogens is 1. The number of rotatable bonds is 4. The third kappa shape index (κ3) is 3.46. The summed E-state index contributed by atoms with van der Waals surface area (Å²) in [5.74, 6) is 0.472. The lowest BCUT2D eigenvalue weighted by Crippen LogP contribution is -2.10. The second-order valence-electron chi connectivity index (χ2n) is 3.18. The van der Waals surface area contributed by atoms with Crippen LogP contribution < -0.4 is 11.1 Å². The molecular weight excluding hydrogens is 194 g/mol. The van der Waals surface area contributed by atoms with Crippen molar-refractivity contribution in [3.05, 3.63) is 17.8 Å². The van der Waals surface area contributed by atoms with E-state index in [2.05, 4.69) is 15.0 Å². The standard InChI is InChI=1S/C10H15N3O2/c1-7-5-9(13-6-8(7)11)12-4-3-10(14)15-2/h5-6H,3-4,11H2,1-2H3,(H,12,13). The van der Waals surface area contributed by atoms with Crippen LogP contribution in [-0.2, 0) is 9.53 Å². The van der Waals surface area contributed by atoms with Crippen LogP contribution in [0.15, 0.2) is 12.3 Å². The number of aryl methyl sites for hydroxylation is 1. The molecule has 5 heteroatoms. The van der Waals surface area contributed by atoms with Gasteiger partial charge in [-0.25, -0.2) is 4.98 Å². The molecule has 0 aliphatic heterocycles. The predicted octanol–water partition coefficient (Wildman–Crippen LogP) is 0.947. The van der Waals surface area contributed by atoms with Gasteiger partial charge in [0.25, 0.3) is 0 Å². The maximum absolute atomic E-state index is 10.8. The molecular formula is C10H15N3O2. The molecule has 82 valence electrons. The Morgan fingerprint density at radius 3 is 3.00 bits per heavy atom. The SMILES string of the molecule is COC(=O)CCNc1cc(C)c(N)cn1. The largest absolute Gasteiger partial charge is 0.469 e. The van der Waals surface area contributed by atoms with E-state index >= 15 is 0 Å². The van der Waals surface area contributed by atoms with Crippen LogP contribution in [0.4, 0.5) is 11.5 Å². The average Bonchev–Trinajstić information content (AvgIpc) is 2.23. The van der Waals surface area contributed by atoms with Crippen LogP contribution >= 0.6 is 0 Å². The smallest absolute Gasteiger partial charge is 0.307 e.